The van der Waals surface area contributed by atoms with Crippen LogP contribution >= 0.6 is 0 Å². The predicted molar refractivity (Wildman–Crippen MR) is 106 cm³/mol. The maximum absolute atomic E-state index is 4.94. The molecule has 0 atom stereocenters. The van der Waals surface area contributed by atoms with Crippen molar-refractivity contribution in [1.29, 1.82) is 0 Å². The van der Waals surface area contributed by atoms with E-state index in [0.29, 0.717) is 0 Å². The Morgan fingerprint density at radius 2 is 1.56 bits per heavy atom. The molecule has 0 bridgehead atoms. The second-order valence-corrected chi connectivity index (χ2v) is 6.81. The maximum Gasteiger partial charge on any atom is 0.206 e. The number of hydrogen-bond donors (Lipinski definition) is 0. The van der Waals surface area contributed by atoms with E-state index in [0.717, 1.165) is 50.6 Å². The lowest BCUT2D eigenvalue weighted by atomic mass is 10.1. The van der Waals surface area contributed by atoms with Crippen LogP contribution in [0, 0.1) is 6.92 Å². The molecule has 1 fully saturated rings. The standard InChI is InChI=1S/C21H26N4/c1-3-12-25-20-11-7-5-9-18(20)22-21(25)24-15-13-23(14-16-24)19-10-6-4-8-17(19)2/h4-11H,3,12-16H2,1-2H3. The van der Waals surface area contributed by atoms with Gasteiger partial charge in [0.1, 0.15) is 0 Å². The Kier molecular flexibility index (Phi) is 4.35. The number of piperazine rings is 1. The van der Waals surface area contributed by atoms with Gasteiger partial charge >= 0.3 is 0 Å². The zero-order chi connectivity index (χ0) is 17.2. The van der Waals surface area contributed by atoms with Gasteiger partial charge in [-0.05, 0) is 37.1 Å². The molecule has 0 aliphatic carbocycles. The smallest absolute Gasteiger partial charge is 0.206 e. The van der Waals surface area contributed by atoms with Crippen LogP contribution in [0.15, 0.2) is 48.5 Å². The van der Waals surface area contributed by atoms with E-state index in [9.17, 15) is 0 Å². The first kappa shape index (κ1) is 16.0. The largest absolute Gasteiger partial charge is 0.368 e. The minimum atomic E-state index is 1.02. The summed E-state index contributed by atoms with van der Waals surface area (Å²) in [6.45, 7) is 9.56. The van der Waals surface area contributed by atoms with E-state index in [4.69, 9.17) is 4.98 Å². The normalized spacial score (nSPS) is 15.1. The van der Waals surface area contributed by atoms with Crippen LogP contribution in [0.2, 0.25) is 0 Å². The summed E-state index contributed by atoms with van der Waals surface area (Å²) in [6.07, 6.45) is 1.12. The van der Waals surface area contributed by atoms with Crippen molar-refractivity contribution < 1.29 is 0 Å². The second-order valence-electron chi connectivity index (χ2n) is 6.81. The summed E-state index contributed by atoms with van der Waals surface area (Å²) in [6, 6.07) is 17.2. The van der Waals surface area contributed by atoms with Crippen molar-refractivity contribution in [1.82, 2.24) is 9.55 Å². The minimum Gasteiger partial charge on any atom is -0.368 e. The van der Waals surface area contributed by atoms with Gasteiger partial charge in [-0.3, -0.25) is 0 Å². The van der Waals surface area contributed by atoms with Crippen molar-refractivity contribution in [2.24, 2.45) is 0 Å². The lowest BCUT2D eigenvalue weighted by molar-refractivity contribution is 0.609. The molecular formula is C21H26N4. The highest BCUT2D eigenvalue weighted by atomic mass is 15.4. The molecule has 0 unspecified atom stereocenters. The van der Waals surface area contributed by atoms with E-state index in [1.807, 2.05) is 0 Å². The van der Waals surface area contributed by atoms with Crippen molar-refractivity contribution in [2.75, 3.05) is 36.0 Å². The van der Waals surface area contributed by atoms with Crippen LogP contribution < -0.4 is 9.80 Å². The van der Waals surface area contributed by atoms with E-state index < -0.39 is 0 Å². The summed E-state index contributed by atoms with van der Waals surface area (Å²) in [5, 5.41) is 0. The van der Waals surface area contributed by atoms with Crippen molar-refractivity contribution in [3.8, 4) is 0 Å². The highest BCUT2D eigenvalue weighted by Gasteiger charge is 2.22. The number of imidazole rings is 1. The van der Waals surface area contributed by atoms with Gasteiger partial charge in [0.05, 0.1) is 11.0 Å². The molecular weight excluding hydrogens is 308 g/mol. The van der Waals surface area contributed by atoms with Gasteiger partial charge in [-0.1, -0.05) is 37.3 Å². The average Bonchev–Trinajstić information content (AvgIpc) is 3.02. The fourth-order valence-corrected chi connectivity index (χ4v) is 3.81. The van der Waals surface area contributed by atoms with Crippen molar-refractivity contribution in [2.45, 2.75) is 26.8 Å². The van der Waals surface area contributed by atoms with Crippen LogP contribution in [0.5, 0.6) is 0 Å². The Bertz CT molecular complexity index is 859. The number of aromatic nitrogens is 2. The molecule has 1 aromatic heterocycles. The van der Waals surface area contributed by atoms with Crippen molar-refractivity contribution >= 4 is 22.7 Å². The molecule has 130 valence electrons. The third kappa shape index (κ3) is 2.97. The molecule has 1 aliphatic rings. The molecule has 2 aromatic carbocycles. The molecule has 2 heterocycles. The Morgan fingerprint density at radius 1 is 0.880 bits per heavy atom. The number of fused-ring (bicyclic) bond motifs is 1. The SMILES string of the molecule is CCCn1c(N2CCN(c3ccccc3C)CC2)nc2ccccc21. The third-order valence-electron chi connectivity index (χ3n) is 5.10. The van der Waals surface area contributed by atoms with Gasteiger partial charge in [0.2, 0.25) is 5.95 Å². The molecule has 4 heteroatoms. The van der Waals surface area contributed by atoms with Gasteiger partial charge < -0.3 is 14.4 Å². The van der Waals surface area contributed by atoms with Gasteiger partial charge in [0.25, 0.3) is 0 Å². The van der Waals surface area contributed by atoms with Gasteiger partial charge in [-0.15, -0.1) is 0 Å². The summed E-state index contributed by atoms with van der Waals surface area (Å²) in [5.74, 6) is 1.13. The molecule has 0 N–H and O–H groups in total. The average molecular weight is 334 g/mol. The number of nitrogens with zero attached hydrogens (tertiary/aromatic N) is 4. The molecule has 1 saturated heterocycles. The first-order valence-corrected chi connectivity index (χ1v) is 9.28. The molecule has 4 rings (SSSR count). The Labute approximate surface area is 149 Å². The maximum atomic E-state index is 4.94. The van der Waals surface area contributed by atoms with Crippen LogP contribution in [0.1, 0.15) is 18.9 Å². The van der Waals surface area contributed by atoms with E-state index in [1.54, 1.807) is 0 Å². The summed E-state index contributed by atoms with van der Waals surface area (Å²) in [4.78, 5) is 9.89. The van der Waals surface area contributed by atoms with Gasteiger partial charge in [-0.25, -0.2) is 4.98 Å². The number of anilines is 2. The molecule has 4 nitrogen and oxygen atoms in total. The molecule has 1 aliphatic heterocycles. The number of benzene rings is 2. The van der Waals surface area contributed by atoms with Crippen LogP contribution in [0.3, 0.4) is 0 Å². The van der Waals surface area contributed by atoms with Crippen LogP contribution in [0.25, 0.3) is 11.0 Å². The first-order chi connectivity index (χ1) is 12.3. The summed E-state index contributed by atoms with van der Waals surface area (Å²) >= 11 is 0. The van der Waals surface area contributed by atoms with E-state index in [1.165, 1.54) is 16.8 Å². The number of aryl methyl sites for hydroxylation is 2. The van der Waals surface area contributed by atoms with Crippen molar-refractivity contribution in [3.63, 3.8) is 0 Å². The minimum absolute atomic E-state index is 1.02. The predicted octanol–water partition coefficient (Wildman–Crippen LogP) is 4.08. The monoisotopic (exact) mass is 334 g/mol. The van der Waals surface area contributed by atoms with E-state index in [-0.39, 0.29) is 0 Å². The fraction of sp³-hybridized carbons (Fsp3) is 0.381. The molecule has 0 amide bonds. The number of hydrogen-bond acceptors (Lipinski definition) is 3. The lowest BCUT2D eigenvalue weighted by Gasteiger charge is -2.37. The molecule has 0 radical (unpaired) electrons. The molecule has 0 saturated carbocycles. The highest BCUT2D eigenvalue weighted by molar-refractivity contribution is 5.79. The number of para-hydroxylation sites is 3. The highest BCUT2D eigenvalue weighted by Crippen LogP contribution is 2.26. The zero-order valence-electron chi connectivity index (χ0n) is 15.2. The Morgan fingerprint density at radius 3 is 2.32 bits per heavy atom. The quantitative estimate of drug-likeness (QED) is 0.718. The van der Waals surface area contributed by atoms with Crippen LogP contribution in [-0.2, 0) is 6.54 Å². The van der Waals surface area contributed by atoms with Gasteiger partial charge in [-0.2, -0.15) is 0 Å². The number of rotatable bonds is 4. The van der Waals surface area contributed by atoms with Crippen LogP contribution in [-0.4, -0.2) is 35.7 Å². The summed E-state index contributed by atoms with van der Waals surface area (Å²) in [7, 11) is 0. The van der Waals surface area contributed by atoms with E-state index in [2.05, 4.69) is 76.7 Å². The third-order valence-corrected chi connectivity index (χ3v) is 5.10. The molecule has 0 spiro atoms. The summed E-state index contributed by atoms with van der Waals surface area (Å²) in [5.41, 5.74) is 5.08. The van der Waals surface area contributed by atoms with Gasteiger partial charge in [0.15, 0.2) is 0 Å². The molecule has 25 heavy (non-hydrogen) atoms. The Hall–Kier alpha value is -2.49. The van der Waals surface area contributed by atoms with E-state index >= 15 is 0 Å². The van der Waals surface area contributed by atoms with Crippen molar-refractivity contribution in [3.05, 3.63) is 54.1 Å². The molecule has 3 aromatic rings. The van der Waals surface area contributed by atoms with Crippen LogP contribution in [0.4, 0.5) is 11.6 Å². The topological polar surface area (TPSA) is 24.3 Å². The lowest BCUT2D eigenvalue weighted by Crippen LogP contribution is -2.47. The van der Waals surface area contributed by atoms with Gasteiger partial charge in [0, 0.05) is 38.4 Å². The second kappa shape index (κ2) is 6.79. The summed E-state index contributed by atoms with van der Waals surface area (Å²) < 4.78 is 2.39. The first-order valence-electron chi connectivity index (χ1n) is 9.28. The zero-order valence-corrected chi connectivity index (χ0v) is 15.2. The Balaban J connectivity index is 1.57. The fourth-order valence-electron chi connectivity index (χ4n) is 3.81.